The molecule has 0 aromatic rings. The number of hydrogen-bond acceptors (Lipinski definition) is 2. The fourth-order valence-corrected chi connectivity index (χ4v) is 0.632. The van der Waals surface area contributed by atoms with Gasteiger partial charge in [0.2, 0.25) is 0 Å². The summed E-state index contributed by atoms with van der Waals surface area (Å²) in [6.07, 6.45) is 0.272. The van der Waals surface area contributed by atoms with Gasteiger partial charge in [-0.3, -0.25) is 4.55 Å². The van der Waals surface area contributed by atoms with Gasteiger partial charge >= 0.3 is 0 Å². The first-order chi connectivity index (χ1) is 3.48. The Bertz CT molecular complexity index is 148. The van der Waals surface area contributed by atoms with E-state index in [1.165, 1.54) is 0 Å². The highest BCUT2D eigenvalue weighted by Crippen LogP contribution is 2.06. The Morgan fingerprint density at radius 3 is 2.12 bits per heavy atom. The standard InChI is InChI=1S/C3H7O3S2/c1-2-3(7)8(4,5)6/h3H,2H2,1H3,(H,4,5,6). The zero-order chi connectivity index (χ0) is 6.78. The number of hydrogen-bond donors (Lipinski definition) is 1. The zero-order valence-corrected chi connectivity index (χ0v) is 6.00. The third-order valence-electron chi connectivity index (χ3n) is 0.666. The van der Waals surface area contributed by atoms with Gasteiger partial charge in [0, 0.05) is 0 Å². The molecule has 1 atom stereocenters. The molecule has 1 radical (unpaired) electrons. The quantitative estimate of drug-likeness (QED) is 0.600. The summed E-state index contributed by atoms with van der Waals surface area (Å²) in [5.74, 6) is 0. The van der Waals surface area contributed by atoms with E-state index in [-0.39, 0.29) is 6.42 Å². The predicted molar refractivity (Wildman–Crippen MR) is 33.2 cm³/mol. The summed E-state index contributed by atoms with van der Waals surface area (Å²) in [5, 5.41) is 0. The van der Waals surface area contributed by atoms with Crippen LogP contribution in [0.5, 0.6) is 0 Å². The van der Waals surface area contributed by atoms with E-state index in [1.807, 2.05) is 0 Å². The highest BCUT2D eigenvalue weighted by atomic mass is 32.3. The maximum atomic E-state index is 10.0. The normalized spacial score (nSPS) is 15.9. The molecule has 0 fully saturated rings. The van der Waals surface area contributed by atoms with Crippen LogP contribution in [0.1, 0.15) is 13.3 Å². The lowest BCUT2D eigenvalue weighted by molar-refractivity contribution is 0.479. The van der Waals surface area contributed by atoms with Crippen molar-refractivity contribution in [2.45, 2.75) is 17.9 Å². The highest BCUT2D eigenvalue weighted by Gasteiger charge is 2.15. The minimum Gasteiger partial charge on any atom is -0.285 e. The van der Waals surface area contributed by atoms with Crippen LogP contribution in [-0.4, -0.2) is 17.6 Å². The summed E-state index contributed by atoms with van der Waals surface area (Å²) in [5.41, 5.74) is 0. The van der Waals surface area contributed by atoms with Gasteiger partial charge in [-0.25, -0.2) is 0 Å². The molecular weight excluding hydrogens is 148 g/mol. The van der Waals surface area contributed by atoms with Gasteiger partial charge in [-0.15, -0.1) is 0 Å². The van der Waals surface area contributed by atoms with Crippen LogP contribution >= 0.6 is 12.6 Å². The molecule has 5 heteroatoms. The van der Waals surface area contributed by atoms with Crippen LogP contribution in [0.2, 0.25) is 0 Å². The lowest BCUT2D eigenvalue weighted by Gasteiger charge is -1.98. The van der Waals surface area contributed by atoms with Crippen LogP contribution in [0.25, 0.3) is 0 Å². The Morgan fingerprint density at radius 1 is 1.75 bits per heavy atom. The van der Waals surface area contributed by atoms with Crippen molar-refractivity contribution in [2.24, 2.45) is 0 Å². The van der Waals surface area contributed by atoms with E-state index < -0.39 is 14.7 Å². The maximum Gasteiger partial charge on any atom is 0.278 e. The second kappa shape index (κ2) is 2.70. The fourth-order valence-electron chi connectivity index (χ4n) is 0.211. The topological polar surface area (TPSA) is 54.4 Å². The Balaban J connectivity index is 4.04. The molecule has 49 valence electrons. The molecular formula is C3H7O3S2. The molecule has 0 aromatic carbocycles. The van der Waals surface area contributed by atoms with Gasteiger partial charge in [-0.2, -0.15) is 8.42 Å². The van der Waals surface area contributed by atoms with Crippen molar-refractivity contribution < 1.29 is 13.0 Å². The average molecular weight is 155 g/mol. The molecule has 8 heavy (non-hydrogen) atoms. The van der Waals surface area contributed by atoms with Crippen molar-refractivity contribution >= 4 is 22.7 Å². The molecule has 0 saturated heterocycles. The minimum absolute atomic E-state index is 0.272. The second-order valence-corrected chi connectivity index (χ2v) is 3.82. The first-order valence-electron chi connectivity index (χ1n) is 2.10. The Labute approximate surface area is 54.3 Å². The fraction of sp³-hybridized carbons (Fsp3) is 1.00. The van der Waals surface area contributed by atoms with Crippen LogP contribution in [0.15, 0.2) is 0 Å². The average Bonchev–Trinajstić information content (AvgIpc) is 1.62. The highest BCUT2D eigenvalue weighted by molar-refractivity contribution is 8.01. The molecule has 0 aromatic heterocycles. The van der Waals surface area contributed by atoms with Crippen molar-refractivity contribution in [3.63, 3.8) is 0 Å². The SMILES string of the molecule is CCC([S])S(=O)(=O)O. The van der Waals surface area contributed by atoms with Gasteiger partial charge in [-0.1, -0.05) is 19.6 Å². The van der Waals surface area contributed by atoms with Crippen molar-refractivity contribution in [1.29, 1.82) is 0 Å². The van der Waals surface area contributed by atoms with Crippen LogP contribution < -0.4 is 0 Å². The zero-order valence-electron chi connectivity index (χ0n) is 4.36. The van der Waals surface area contributed by atoms with E-state index in [0.29, 0.717) is 0 Å². The summed E-state index contributed by atoms with van der Waals surface area (Å²) in [7, 11) is -3.94. The van der Waals surface area contributed by atoms with Crippen LogP contribution in [0, 0.1) is 0 Å². The monoisotopic (exact) mass is 155 g/mol. The Morgan fingerprint density at radius 2 is 2.12 bits per heavy atom. The largest absolute Gasteiger partial charge is 0.285 e. The van der Waals surface area contributed by atoms with E-state index in [1.54, 1.807) is 6.92 Å². The Hall–Kier alpha value is 0.260. The molecule has 1 unspecified atom stereocenters. The van der Waals surface area contributed by atoms with E-state index in [0.717, 1.165) is 0 Å². The molecule has 0 aliphatic heterocycles. The molecule has 0 aliphatic rings. The van der Waals surface area contributed by atoms with Gasteiger partial charge in [0.05, 0.1) is 0 Å². The molecule has 0 bridgehead atoms. The minimum atomic E-state index is -3.94. The molecule has 1 N–H and O–H groups in total. The maximum absolute atomic E-state index is 10.0. The summed E-state index contributed by atoms with van der Waals surface area (Å²) >= 11 is 4.34. The lowest BCUT2D eigenvalue weighted by Crippen LogP contribution is -2.11. The molecule has 0 saturated carbocycles. The lowest BCUT2D eigenvalue weighted by atomic mass is 10.6. The summed E-state index contributed by atoms with van der Waals surface area (Å²) < 4.78 is 27.1. The van der Waals surface area contributed by atoms with Crippen LogP contribution in [0.3, 0.4) is 0 Å². The van der Waals surface area contributed by atoms with Crippen molar-refractivity contribution in [1.82, 2.24) is 0 Å². The summed E-state index contributed by atoms with van der Waals surface area (Å²) in [6, 6.07) is 0. The predicted octanol–water partition coefficient (Wildman–Crippen LogP) is 0.808. The molecule has 0 amide bonds. The van der Waals surface area contributed by atoms with E-state index in [4.69, 9.17) is 4.55 Å². The van der Waals surface area contributed by atoms with Crippen LogP contribution in [-0.2, 0) is 10.1 Å². The van der Waals surface area contributed by atoms with Gasteiger partial charge in [0.25, 0.3) is 10.1 Å². The summed E-state index contributed by atoms with van der Waals surface area (Å²) in [6.45, 7) is 1.60. The van der Waals surface area contributed by atoms with Gasteiger partial charge in [0.15, 0.2) is 0 Å². The van der Waals surface area contributed by atoms with Gasteiger partial charge < -0.3 is 0 Å². The van der Waals surface area contributed by atoms with E-state index in [9.17, 15) is 8.42 Å². The first kappa shape index (κ1) is 8.26. The molecule has 0 heterocycles. The van der Waals surface area contributed by atoms with E-state index >= 15 is 0 Å². The van der Waals surface area contributed by atoms with E-state index in [2.05, 4.69) is 12.6 Å². The third kappa shape index (κ3) is 2.54. The number of rotatable bonds is 2. The van der Waals surface area contributed by atoms with Crippen LogP contribution in [0.4, 0.5) is 0 Å². The van der Waals surface area contributed by atoms with Crippen molar-refractivity contribution in [2.75, 3.05) is 0 Å². The molecule has 0 aliphatic carbocycles. The summed E-state index contributed by atoms with van der Waals surface area (Å²) in [4.78, 5) is 0. The molecule has 0 spiro atoms. The van der Waals surface area contributed by atoms with Crippen molar-refractivity contribution in [3.8, 4) is 0 Å². The van der Waals surface area contributed by atoms with Gasteiger partial charge in [0.1, 0.15) is 4.58 Å². The molecule has 0 rings (SSSR count). The second-order valence-electron chi connectivity index (χ2n) is 1.35. The smallest absolute Gasteiger partial charge is 0.278 e. The Kier molecular flexibility index (Phi) is 2.79. The molecule has 3 nitrogen and oxygen atoms in total. The van der Waals surface area contributed by atoms with Crippen molar-refractivity contribution in [3.05, 3.63) is 0 Å². The first-order valence-corrected chi connectivity index (χ1v) is 4.08. The third-order valence-corrected chi connectivity index (χ3v) is 2.73. The van der Waals surface area contributed by atoms with Gasteiger partial charge in [-0.05, 0) is 6.42 Å².